The van der Waals surface area contributed by atoms with Crippen molar-refractivity contribution >= 4 is 17.4 Å². The summed E-state index contributed by atoms with van der Waals surface area (Å²) in [6.07, 6.45) is 1.87. The molecule has 2 heterocycles. The van der Waals surface area contributed by atoms with Gasteiger partial charge in [0.05, 0.1) is 12.6 Å². The lowest BCUT2D eigenvalue weighted by Gasteiger charge is -2.16. The first-order chi connectivity index (χ1) is 9.19. The maximum atomic E-state index is 11.9. The Labute approximate surface area is 117 Å². The van der Waals surface area contributed by atoms with E-state index >= 15 is 0 Å². The Bertz CT molecular complexity index is 416. The van der Waals surface area contributed by atoms with E-state index in [1.54, 1.807) is 11.3 Å². The van der Waals surface area contributed by atoms with E-state index in [1.807, 2.05) is 19.2 Å². The monoisotopic (exact) mass is 283 g/mol. The third-order valence-corrected chi connectivity index (χ3v) is 4.30. The van der Waals surface area contributed by atoms with Gasteiger partial charge >= 0.3 is 6.03 Å². The summed E-state index contributed by atoms with van der Waals surface area (Å²) >= 11 is 1.59. The number of urea groups is 1. The molecular weight excluding hydrogens is 262 g/mol. The zero-order valence-corrected chi connectivity index (χ0v) is 12.3. The average molecular weight is 283 g/mol. The van der Waals surface area contributed by atoms with E-state index in [0.717, 1.165) is 36.8 Å². The number of amides is 2. The van der Waals surface area contributed by atoms with Crippen LogP contribution in [0.5, 0.6) is 0 Å². The van der Waals surface area contributed by atoms with Gasteiger partial charge in [0.15, 0.2) is 0 Å². The fourth-order valence-electron chi connectivity index (χ4n) is 2.06. The lowest BCUT2D eigenvalue weighted by molar-refractivity contribution is 0.185. The molecule has 1 aromatic heterocycles. The number of aromatic nitrogens is 1. The van der Waals surface area contributed by atoms with Gasteiger partial charge in [0.1, 0.15) is 5.01 Å². The molecule has 1 aliphatic rings. The second-order valence-electron chi connectivity index (χ2n) is 4.87. The van der Waals surface area contributed by atoms with E-state index in [2.05, 4.69) is 15.6 Å². The molecule has 2 N–H and O–H groups in total. The van der Waals surface area contributed by atoms with Crippen LogP contribution >= 0.6 is 11.3 Å². The van der Waals surface area contributed by atoms with Crippen LogP contribution in [0.2, 0.25) is 0 Å². The maximum absolute atomic E-state index is 11.9. The van der Waals surface area contributed by atoms with Crippen molar-refractivity contribution in [3.8, 4) is 0 Å². The van der Waals surface area contributed by atoms with E-state index in [4.69, 9.17) is 4.74 Å². The summed E-state index contributed by atoms with van der Waals surface area (Å²) in [6, 6.07) is -0.120. The van der Waals surface area contributed by atoms with Crippen molar-refractivity contribution in [2.45, 2.75) is 32.7 Å². The largest absolute Gasteiger partial charge is 0.381 e. The van der Waals surface area contributed by atoms with Crippen LogP contribution in [0.4, 0.5) is 4.79 Å². The predicted octanol–water partition coefficient (Wildman–Crippen LogP) is 2.24. The molecule has 5 nitrogen and oxygen atoms in total. The van der Waals surface area contributed by atoms with Crippen molar-refractivity contribution in [3.63, 3.8) is 0 Å². The highest BCUT2D eigenvalue weighted by Crippen LogP contribution is 2.20. The average Bonchev–Trinajstić information content (AvgIpc) is 3.04. The summed E-state index contributed by atoms with van der Waals surface area (Å²) in [5, 5.41) is 8.87. The Morgan fingerprint density at radius 3 is 3.11 bits per heavy atom. The summed E-state index contributed by atoms with van der Waals surface area (Å²) < 4.78 is 5.28. The van der Waals surface area contributed by atoms with Crippen molar-refractivity contribution in [1.29, 1.82) is 0 Å². The maximum Gasteiger partial charge on any atom is 0.315 e. The summed E-state index contributed by atoms with van der Waals surface area (Å²) in [5.41, 5.74) is 1.00. The number of carbonyl (C=O) groups is 1. The third-order valence-electron chi connectivity index (χ3n) is 3.22. The molecule has 2 atom stereocenters. The second kappa shape index (κ2) is 6.86. The van der Waals surface area contributed by atoms with Crippen LogP contribution in [0, 0.1) is 12.8 Å². The number of carbonyl (C=O) groups excluding carboxylic acids is 1. The Balaban J connectivity index is 1.79. The van der Waals surface area contributed by atoms with Crippen molar-refractivity contribution in [2.75, 3.05) is 19.8 Å². The molecule has 2 amide bonds. The smallest absolute Gasteiger partial charge is 0.315 e. The molecule has 0 bridgehead atoms. The SMILES string of the molecule is CC[C@H](NC(=O)NC[C@@H]1CCOC1)c1nc(C)cs1. The Hall–Kier alpha value is -1.14. The number of nitrogens with one attached hydrogen (secondary N) is 2. The quantitative estimate of drug-likeness (QED) is 0.871. The second-order valence-corrected chi connectivity index (χ2v) is 5.76. The highest BCUT2D eigenvalue weighted by Gasteiger charge is 2.18. The molecule has 1 aromatic rings. The fourth-order valence-corrected chi connectivity index (χ4v) is 2.99. The first kappa shape index (κ1) is 14.3. The van der Waals surface area contributed by atoms with Gasteiger partial charge in [-0.1, -0.05) is 6.92 Å². The topological polar surface area (TPSA) is 63.2 Å². The molecule has 0 unspecified atom stereocenters. The molecule has 0 aliphatic carbocycles. The summed E-state index contributed by atoms with van der Waals surface area (Å²) in [4.78, 5) is 16.3. The highest BCUT2D eigenvalue weighted by molar-refractivity contribution is 7.09. The van der Waals surface area contributed by atoms with Crippen LogP contribution in [0.1, 0.15) is 36.5 Å². The molecule has 0 aromatic carbocycles. The van der Waals surface area contributed by atoms with Crippen molar-refractivity contribution < 1.29 is 9.53 Å². The standard InChI is InChI=1S/C13H21N3O2S/c1-3-11(12-15-9(2)8-19-12)16-13(17)14-6-10-4-5-18-7-10/h8,10-11H,3-7H2,1-2H3,(H2,14,16,17)/t10-,11-/m0/s1. The van der Waals surface area contributed by atoms with E-state index in [0.29, 0.717) is 12.5 Å². The van der Waals surface area contributed by atoms with Gasteiger partial charge in [-0.15, -0.1) is 11.3 Å². The van der Waals surface area contributed by atoms with Gasteiger partial charge in [0.2, 0.25) is 0 Å². The molecule has 0 spiro atoms. The van der Waals surface area contributed by atoms with E-state index in [1.165, 1.54) is 0 Å². The lowest BCUT2D eigenvalue weighted by atomic mass is 10.1. The van der Waals surface area contributed by atoms with Crippen LogP contribution in [0.25, 0.3) is 0 Å². The summed E-state index contributed by atoms with van der Waals surface area (Å²) in [7, 11) is 0. The van der Waals surface area contributed by atoms with Crippen molar-refractivity contribution in [2.24, 2.45) is 5.92 Å². The molecule has 0 saturated carbocycles. The first-order valence-electron chi connectivity index (χ1n) is 6.73. The van der Waals surface area contributed by atoms with Crippen LogP contribution in [-0.4, -0.2) is 30.8 Å². The Kier molecular flexibility index (Phi) is 5.15. The van der Waals surface area contributed by atoms with Gasteiger partial charge in [-0.2, -0.15) is 0 Å². The van der Waals surface area contributed by atoms with Crippen molar-refractivity contribution in [3.05, 3.63) is 16.1 Å². The molecule has 19 heavy (non-hydrogen) atoms. The first-order valence-corrected chi connectivity index (χ1v) is 7.61. The van der Waals surface area contributed by atoms with Gasteiger partial charge in [-0.05, 0) is 19.8 Å². The summed E-state index contributed by atoms with van der Waals surface area (Å²) in [6.45, 7) is 6.26. The molecule has 6 heteroatoms. The number of nitrogens with zero attached hydrogens (tertiary/aromatic N) is 1. The predicted molar refractivity (Wildman–Crippen MR) is 75.3 cm³/mol. The van der Waals surface area contributed by atoms with Crippen LogP contribution in [-0.2, 0) is 4.74 Å². The van der Waals surface area contributed by atoms with E-state index < -0.39 is 0 Å². The zero-order chi connectivity index (χ0) is 13.7. The minimum atomic E-state index is -0.119. The molecule has 106 valence electrons. The number of thiazole rings is 1. The van der Waals surface area contributed by atoms with Gasteiger partial charge in [-0.3, -0.25) is 0 Å². The molecule has 1 aliphatic heterocycles. The fraction of sp³-hybridized carbons (Fsp3) is 0.692. The lowest BCUT2D eigenvalue weighted by Crippen LogP contribution is -2.40. The normalized spacial score (nSPS) is 20.2. The van der Waals surface area contributed by atoms with Gasteiger partial charge in [-0.25, -0.2) is 9.78 Å². The zero-order valence-electron chi connectivity index (χ0n) is 11.4. The minimum absolute atomic E-state index is 0.00136. The van der Waals surface area contributed by atoms with Crippen molar-refractivity contribution in [1.82, 2.24) is 15.6 Å². The molecule has 1 fully saturated rings. The van der Waals surface area contributed by atoms with Crippen LogP contribution in [0.15, 0.2) is 5.38 Å². The molecular formula is C13H21N3O2S. The number of rotatable bonds is 5. The van der Waals surface area contributed by atoms with Gasteiger partial charge < -0.3 is 15.4 Å². The summed E-state index contributed by atoms with van der Waals surface area (Å²) in [5.74, 6) is 0.452. The Morgan fingerprint density at radius 1 is 1.68 bits per heavy atom. The van der Waals surface area contributed by atoms with Crippen LogP contribution in [0.3, 0.4) is 0 Å². The van der Waals surface area contributed by atoms with Gasteiger partial charge in [0.25, 0.3) is 0 Å². The van der Waals surface area contributed by atoms with Crippen LogP contribution < -0.4 is 10.6 Å². The third kappa shape index (κ3) is 4.18. The number of ether oxygens (including phenoxy) is 1. The number of hydrogen-bond donors (Lipinski definition) is 2. The molecule has 1 saturated heterocycles. The molecule has 2 rings (SSSR count). The molecule has 0 radical (unpaired) electrons. The highest BCUT2D eigenvalue weighted by atomic mass is 32.1. The van der Waals surface area contributed by atoms with E-state index in [-0.39, 0.29) is 12.1 Å². The number of hydrogen-bond acceptors (Lipinski definition) is 4. The minimum Gasteiger partial charge on any atom is -0.381 e. The number of aryl methyl sites for hydroxylation is 1. The van der Waals surface area contributed by atoms with Gasteiger partial charge in [0, 0.05) is 30.1 Å². The Morgan fingerprint density at radius 2 is 2.53 bits per heavy atom. The van der Waals surface area contributed by atoms with E-state index in [9.17, 15) is 4.79 Å².